The van der Waals surface area contributed by atoms with Crippen LogP contribution in [0.3, 0.4) is 0 Å². The molecular formula is C55H58O30. The second-order valence-electron chi connectivity index (χ2n) is 19.4. The largest absolute Gasteiger partial charge is 0.508 e. The molecule has 458 valence electrons. The van der Waals surface area contributed by atoms with Crippen LogP contribution in [0.25, 0.3) is 18.2 Å². The zero-order valence-electron chi connectivity index (χ0n) is 44.1. The zero-order valence-corrected chi connectivity index (χ0v) is 44.1. The molecule has 0 aliphatic carbocycles. The molecule has 0 radical (unpaired) electrons. The minimum atomic E-state index is -2.23. The van der Waals surface area contributed by atoms with Crippen LogP contribution in [0.15, 0.2) is 84.6 Å². The summed E-state index contributed by atoms with van der Waals surface area (Å²) in [6.45, 7) is -2.52. The van der Waals surface area contributed by atoms with Crippen molar-refractivity contribution in [1.29, 1.82) is 0 Å². The highest BCUT2D eigenvalue weighted by atomic mass is 16.8. The molecule has 0 spiro atoms. The molecule has 3 fully saturated rings. The second-order valence-corrected chi connectivity index (χ2v) is 19.4. The van der Waals surface area contributed by atoms with Gasteiger partial charge in [-0.1, -0.05) is 18.2 Å². The lowest BCUT2D eigenvalue weighted by molar-refractivity contribution is -0.364. The fourth-order valence-electron chi connectivity index (χ4n) is 8.93. The summed E-state index contributed by atoms with van der Waals surface area (Å²) in [5.41, 5.74) is 0.373. The number of rotatable bonds is 20. The van der Waals surface area contributed by atoms with Crippen LogP contribution >= 0.6 is 0 Å². The summed E-state index contributed by atoms with van der Waals surface area (Å²) < 4.78 is 62.7. The zero-order chi connectivity index (χ0) is 61.6. The molecule has 4 aliphatic rings. The predicted molar refractivity (Wildman–Crippen MR) is 277 cm³/mol. The first-order chi connectivity index (χ1) is 40.4. The van der Waals surface area contributed by atoms with E-state index in [1.54, 1.807) is 0 Å². The standard InChI is InChI=1S/C55H58O30/c1-75-33-12-23(4-9-28(33)58)6-11-40(64)76-19-35-43(67)47(71)50(74)54(83-35)85-52-48(72)45(69)37(20-77-39(63)10-5-22-2-7-25(56)8-3-22)84-55(52)81-34-17-27-31(79-51(34)24-13-29(59)42(66)30(60)14-24)15-26(57)16-32(27)80-53-49(73)46(70)44(68)36(82-53)21-78-41(65)18-38(61)62/h2-17,35-37,43-60,66-74H,18-21H2,1H3,(H,61,62). The lowest BCUT2D eigenvalue weighted by Crippen LogP contribution is -2.64. The quantitative estimate of drug-likeness (QED) is 0.0162. The van der Waals surface area contributed by atoms with E-state index in [4.69, 9.17) is 57.2 Å². The summed E-state index contributed by atoms with van der Waals surface area (Å²) in [6.07, 6.45) is -27.4. The van der Waals surface area contributed by atoms with Crippen LogP contribution in [0.1, 0.15) is 34.8 Å². The molecule has 30 nitrogen and oxygen atoms in total. The molecule has 4 aliphatic heterocycles. The molecule has 3 saturated heterocycles. The maximum Gasteiger partial charge on any atom is 0.330 e. The minimum Gasteiger partial charge on any atom is -0.508 e. The third kappa shape index (κ3) is 14.9. The van der Waals surface area contributed by atoms with Crippen molar-refractivity contribution >= 4 is 42.1 Å². The van der Waals surface area contributed by atoms with Crippen LogP contribution in [0, 0.1) is 0 Å². The van der Waals surface area contributed by atoms with Crippen LogP contribution in [-0.2, 0) is 57.1 Å². The summed E-state index contributed by atoms with van der Waals surface area (Å²) in [5, 5.41) is 161. The first kappa shape index (κ1) is 62.5. The van der Waals surface area contributed by atoms with E-state index < -0.39 is 183 Å². The van der Waals surface area contributed by atoms with Gasteiger partial charge in [-0.3, -0.25) is 9.59 Å². The summed E-state index contributed by atoms with van der Waals surface area (Å²) in [7, 11) is 1.31. The summed E-state index contributed by atoms with van der Waals surface area (Å²) >= 11 is 0. The van der Waals surface area contributed by atoms with Gasteiger partial charge in [0, 0.05) is 29.8 Å². The number of fused-ring (bicyclic) bond motifs is 1. The normalized spacial score (nSPS) is 29.2. The number of aromatic hydroxyl groups is 6. The number of carbonyl (C=O) groups excluding carboxylic acids is 3. The number of carboxylic acid groups (broad SMARTS) is 1. The van der Waals surface area contributed by atoms with Gasteiger partial charge in [0.1, 0.15) is 122 Å². The number of carboxylic acids is 1. The van der Waals surface area contributed by atoms with E-state index in [0.717, 1.165) is 42.5 Å². The van der Waals surface area contributed by atoms with Gasteiger partial charge in [0.05, 0.1) is 12.7 Å². The van der Waals surface area contributed by atoms with Crippen LogP contribution in [-0.4, -0.2) is 220 Å². The SMILES string of the molecule is COc1cc(C=CC(=O)OCC2OC(OC3C(OC4=Cc5c(cc(O)cc5OC5OC(COC(=O)CC(=O)O)C(O)C(O)C5O)OC4c4cc(O)c(O)c(O)c4)OC(COC(=O)C=Cc4ccc(O)cc4)C(O)C3O)C(O)C(O)C2O)ccc1O. The Balaban J connectivity index is 1.12. The third-order valence-electron chi connectivity index (χ3n) is 13.4. The van der Waals surface area contributed by atoms with Crippen molar-refractivity contribution in [1.82, 2.24) is 0 Å². The first-order valence-electron chi connectivity index (χ1n) is 25.5. The number of carbonyl (C=O) groups is 4. The molecule has 4 aromatic rings. The second kappa shape index (κ2) is 27.0. The number of aliphatic carboxylic acids is 1. The minimum absolute atomic E-state index is 0.0537. The molecule has 0 saturated carbocycles. The van der Waals surface area contributed by atoms with Crippen LogP contribution in [0.5, 0.6) is 51.7 Å². The highest BCUT2D eigenvalue weighted by Gasteiger charge is 2.53. The van der Waals surface area contributed by atoms with Gasteiger partial charge in [-0.05, 0) is 65.8 Å². The van der Waals surface area contributed by atoms with Gasteiger partial charge in [0.25, 0.3) is 0 Å². The summed E-state index contributed by atoms with van der Waals surface area (Å²) in [5.74, 6) is -9.69. The van der Waals surface area contributed by atoms with Crippen molar-refractivity contribution < 1.29 is 148 Å². The Morgan fingerprint density at radius 3 is 1.68 bits per heavy atom. The number of esters is 3. The fraction of sp³-hybridized carbons (Fsp3) is 0.382. The predicted octanol–water partition coefficient (Wildman–Crippen LogP) is -1.22. The number of methoxy groups -OCH3 is 1. The highest BCUT2D eigenvalue weighted by Crippen LogP contribution is 2.48. The smallest absolute Gasteiger partial charge is 0.330 e. The number of hydrogen-bond donors (Lipinski definition) is 15. The maximum atomic E-state index is 13.0. The van der Waals surface area contributed by atoms with Crippen LogP contribution in [0.4, 0.5) is 0 Å². The molecule has 15 N–H and O–H groups in total. The molecule has 85 heavy (non-hydrogen) atoms. The molecule has 8 rings (SSSR count). The first-order valence-corrected chi connectivity index (χ1v) is 25.5. The van der Waals surface area contributed by atoms with Gasteiger partial charge >= 0.3 is 23.9 Å². The lowest BCUT2D eigenvalue weighted by Gasteiger charge is -2.46. The number of ether oxygens (including phenoxy) is 11. The average molecular weight is 1200 g/mol. The topological polar surface area (TPSA) is 473 Å². The molecule has 0 amide bonds. The Labute approximate surface area is 479 Å². The van der Waals surface area contributed by atoms with E-state index in [0.29, 0.717) is 11.1 Å². The number of phenols is 6. The van der Waals surface area contributed by atoms with E-state index in [-0.39, 0.29) is 34.1 Å². The van der Waals surface area contributed by atoms with Crippen LogP contribution in [0.2, 0.25) is 0 Å². The van der Waals surface area contributed by atoms with E-state index >= 15 is 0 Å². The molecule has 0 bridgehead atoms. The molecule has 4 aromatic carbocycles. The lowest BCUT2D eigenvalue weighted by atomic mass is 9.97. The van der Waals surface area contributed by atoms with E-state index in [9.17, 15) is 90.7 Å². The summed E-state index contributed by atoms with van der Waals surface area (Å²) in [6, 6.07) is 13.6. The van der Waals surface area contributed by atoms with Crippen molar-refractivity contribution in [2.24, 2.45) is 0 Å². The monoisotopic (exact) mass is 1200 g/mol. The molecule has 30 heteroatoms. The van der Waals surface area contributed by atoms with Crippen LogP contribution < -0.4 is 14.2 Å². The molecule has 16 atom stereocenters. The van der Waals surface area contributed by atoms with Crippen molar-refractivity contribution in [2.45, 2.75) is 105 Å². The van der Waals surface area contributed by atoms with Gasteiger partial charge in [0.2, 0.25) is 12.6 Å². The summed E-state index contributed by atoms with van der Waals surface area (Å²) in [4.78, 5) is 48.9. The third-order valence-corrected chi connectivity index (χ3v) is 13.4. The van der Waals surface area contributed by atoms with Crippen molar-refractivity contribution in [3.05, 3.63) is 107 Å². The molecule has 4 heterocycles. The Morgan fingerprint density at radius 2 is 1.08 bits per heavy atom. The Morgan fingerprint density at radius 1 is 0.541 bits per heavy atom. The van der Waals surface area contributed by atoms with Crippen molar-refractivity contribution in [2.75, 3.05) is 26.9 Å². The van der Waals surface area contributed by atoms with Crippen molar-refractivity contribution in [3.63, 3.8) is 0 Å². The van der Waals surface area contributed by atoms with E-state index in [1.807, 2.05) is 0 Å². The fourth-order valence-corrected chi connectivity index (χ4v) is 8.93. The van der Waals surface area contributed by atoms with Gasteiger partial charge in [-0.25, -0.2) is 9.59 Å². The van der Waals surface area contributed by atoms with E-state index in [1.165, 1.54) is 61.7 Å². The van der Waals surface area contributed by atoms with Crippen molar-refractivity contribution in [3.8, 4) is 51.7 Å². The number of phenolic OH excluding ortho intramolecular Hbond substituents is 6. The number of aliphatic hydroxyl groups excluding tert-OH is 8. The van der Waals surface area contributed by atoms with Gasteiger partial charge in [0.15, 0.2) is 47.2 Å². The average Bonchev–Trinajstić information content (AvgIpc) is 2.25. The molecule has 0 aromatic heterocycles. The maximum absolute atomic E-state index is 13.0. The molecule has 16 unspecified atom stereocenters. The number of hydrogen-bond acceptors (Lipinski definition) is 29. The number of aliphatic hydroxyl groups is 8. The molecular weight excluding hydrogens is 1140 g/mol. The van der Waals surface area contributed by atoms with Gasteiger partial charge in [-0.2, -0.15) is 0 Å². The Hall–Kier alpha value is -8.50. The highest BCUT2D eigenvalue weighted by molar-refractivity contribution is 5.90. The van der Waals surface area contributed by atoms with E-state index in [2.05, 4.69) is 0 Å². The Bertz CT molecular complexity index is 3120. The number of benzene rings is 4. The van der Waals surface area contributed by atoms with Gasteiger partial charge < -0.3 is 129 Å². The van der Waals surface area contributed by atoms with Gasteiger partial charge in [-0.15, -0.1) is 0 Å². The Kier molecular flexibility index (Phi) is 19.9.